The maximum atomic E-state index is 16.2. The lowest BCUT2D eigenvalue weighted by atomic mass is 9.78. The van der Waals surface area contributed by atoms with Crippen LogP contribution < -0.4 is 31.3 Å². The first-order valence-electron chi connectivity index (χ1n) is 29.1. The standard InChI is InChI=1S/C62H84Cl2FN5O15/c1-34(2)41(29-40(71)19-11-12-22-60(5,6)85-57(76)38-17-14-18-38)56(75)68-44(20-15-23-67-58(66)77)47(72)28-39-27-42(63)45(30-43(39)65)69-59(78)83-51-31-52(73)70(8)46-25-37(26-48(80-9)54(46)64)24-35(3)16-13-21-50(81-10)62(79)32-49(82-53(74)33-62)36(4)55-61(51,7)84-55/h13,16,21,25-27,30,34,36,38,41,44,49-51,55,79H,11-12,14-15,17-20,22-24,28-29,31-33H2,1-10H3,(H,68,75)(H,69,78)(H3,66,67,77)/b21-13+,35-16+/t36-,41+,44+,49+,50-,51+,55+,61+,62-/m1/s1. The van der Waals surface area contributed by atoms with E-state index in [0.717, 1.165) is 42.5 Å². The number of primary amides is 1. The van der Waals surface area contributed by atoms with E-state index in [1.807, 2.05) is 26.8 Å². The van der Waals surface area contributed by atoms with Gasteiger partial charge in [0.25, 0.3) is 0 Å². The van der Waals surface area contributed by atoms with Crippen molar-refractivity contribution >= 4 is 82.0 Å². The number of hydrogen-bond donors (Lipinski definition) is 5. The minimum atomic E-state index is -1.68. The molecule has 2 aromatic rings. The maximum Gasteiger partial charge on any atom is 0.412 e. The number of aliphatic hydroxyl groups is 1. The highest BCUT2D eigenvalue weighted by Gasteiger charge is 2.64. The second-order valence-electron chi connectivity index (χ2n) is 24.3. The number of Topliss-reactive ketones (excluding diaryl/α,β-unsaturated/α-hetero) is 2. The molecule has 3 heterocycles. The van der Waals surface area contributed by atoms with Gasteiger partial charge in [0.1, 0.15) is 57.5 Å². The molecular weight excluding hydrogens is 1140 g/mol. The summed E-state index contributed by atoms with van der Waals surface area (Å²) in [5, 5.41) is 19.6. The number of ketones is 2. The van der Waals surface area contributed by atoms with Gasteiger partial charge in [-0.2, -0.15) is 0 Å². The van der Waals surface area contributed by atoms with Gasteiger partial charge < -0.3 is 54.8 Å². The summed E-state index contributed by atoms with van der Waals surface area (Å²) < 4.78 is 51.4. The molecule has 2 aromatic carbocycles. The zero-order valence-corrected chi connectivity index (χ0v) is 51.9. The lowest BCUT2D eigenvalue weighted by Crippen LogP contribution is -2.53. The number of esters is 2. The van der Waals surface area contributed by atoms with E-state index in [2.05, 4.69) is 16.0 Å². The van der Waals surface area contributed by atoms with Crippen molar-refractivity contribution in [3.63, 3.8) is 0 Å². The molecule has 0 aromatic heterocycles. The number of fused-ring (bicyclic) bond motifs is 5. The number of carbonyl (C=O) groups excluding carboxylic acids is 8. The Kier molecular flexibility index (Phi) is 23.6. The summed E-state index contributed by atoms with van der Waals surface area (Å²) in [5.41, 5.74) is 2.96. The van der Waals surface area contributed by atoms with Crippen LogP contribution in [0.25, 0.3) is 0 Å². The van der Waals surface area contributed by atoms with Crippen LogP contribution >= 0.6 is 23.2 Å². The molecule has 9 atom stereocenters. The average molecular weight is 1230 g/mol. The van der Waals surface area contributed by atoms with Crippen molar-refractivity contribution in [3.05, 3.63) is 75.1 Å². The molecule has 0 unspecified atom stereocenters. The van der Waals surface area contributed by atoms with E-state index in [4.69, 9.17) is 57.4 Å². The first-order valence-corrected chi connectivity index (χ1v) is 29.9. The SMILES string of the molecule is COc1cc2cc(c1Cl)N(C)C(=O)C[C@H](OC(=O)Nc1cc(F)c(CC(=O)[C@H](CCCNC(N)=O)NC(=O)[C@@H](CC(=O)CCCCC(C)(C)OC(=O)C3CCC3)C(C)C)cc1Cl)[C@]1(C)O[C@H]1[C@H](C)[C@@H]1C[C@@](O)(CC(=O)O1)[C@H](OC)/C=C/C=C(\C)C2. The number of amides is 5. The number of methoxy groups -OCH3 is 2. The minimum Gasteiger partial charge on any atom is -0.495 e. The third kappa shape index (κ3) is 18.2. The van der Waals surface area contributed by atoms with Crippen LogP contribution in [0, 0.1) is 29.5 Å². The van der Waals surface area contributed by atoms with E-state index in [1.165, 1.54) is 26.2 Å². The van der Waals surface area contributed by atoms with Gasteiger partial charge in [-0.25, -0.2) is 14.0 Å². The van der Waals surface area contributed by atoms with Gasteiger partial charge in [-0.05, 0) is 120 Å². The number of nitrogens with two attached hydrogens (primary N) is 1. The third-order valence-corrected chi connectivity index (χ3v) is 17.5. The van der Waals surface area contributed by atoms with E-state index in [9.17, 15) is 43.5 Å². The van der Waals surface area contributed by atoms with Crippen molar-refractivity contribution in [2.45, 2.75) is 192 Å². The smallest absolute Gasteiger partial charge is 0.412 e. The fraction of sp³-hybridized carbons (Fsp3) is 0.613. The number of rotatable bonds is 23. The quantitative estimate of drug-likeness (QED) is 0.0300. The second kappa shape index (κ2) is 29.5. The van der Waals surface area contributed by atoms with E-state index >= 15 is 4.39 Å². The van der Waals surface area contributed by atoms with Gasteiger partial charge >= 0.3 is 24.1 Å². The molecule has 20 nitrogen and oxygen atoms in total. The molecule has 6 rings (SSSR count). The van der Waals surface area contributed by atoms with Gasteiger partial charge in [0, 0.05) is 58.2 Å². The van der Waals surface area contributed by atoms with Gasteiger partial charge in [0.15, 0.2) is 5.78 Å². The van der Waals surface area contributed by atoms with Crippen LogP contribution in [0.15, 0.2) is 48.1 Å². The first kappa shape index (κ1) is 68.0. The van der Waals surface area contributed by atoms with Gasteiger partial charge in [-0.15, -0.1) is 0 Å². The van der Waals surface area contributed by atoms with Crippen LogP contribution in [-0.4, -0.2) is 128 Å². The summed E-state index contributed by atoms with van der Waals surface area (Å²) in [5.74, 6) is -5.21. The average Bonchev–Trinajstić information content (AvgIpc) is 1.63. The predicted octanol–water partition coefficient (Wildman–Crippen LogP) is 9.37. The number of anilines is 2. The number of epoxide rings is 1. The molecule has 23 heteroatoms. The fourth-order valence-electron chi connectivity index (χ4n) is 11.3. The molecule has 85 heavy (non-hydrogen) atoms. The third-order valence-electron chi connectivity index (χ3n) is 16.8. The van der Waals surface area contributed by atoms with Gasteiger partial charge in [0.05, 0.1) is 54.4 Å². The summed E-state index contributed by atoms with van der Waals surface area (Å²) in [7, 11) is 4.38. The van der Waals surface area contributed by atoms with Crippen molar-refractivity contribution in [1.82, 2.24) is 10.6 Å². The van der Waals surface area contributed by atoms with Crippen LogP contribution in [0.2, 0.25) is 10.0 Å². The van der Waals surface area contributed by atoms with Crippen LogP contribution in [-0.2, 0) is 65.3 Å². The summed E-state index contributed by atoms with van der Waals surface area (Å²) >= 11 is 13.5. The molecule has 1 aliphatic carbocycles. The van der Waals surface area contributed by atoms with Crippen molar-refractivity contribution in [3.8, 4) is 5.75 Å². The molecule has 1 saturated carbocycles. The van der Waals surface area contributed by atoms with Crippen LogP contribution in [0.1, 0.15) is 143 Å². The van der Waals surface area contributed by atoms with E-state index < -0.39 is 113 Å². The highest BCUT2D eigenvalue weighted by molar-refractivity contribution is 6.35. The van der Waals surface area contributed by atoms with Crippen molar-refractivity contribution in [1.29, 1.82) is 0 Å². The van der Waals surface area contributed by atoms with Gasteiger partial charge in [0.2, 0.25) is 11.8 Å². The van der Waals surface area contributed by atoms with Crippen molar-refractivity contribution in [2.75, 3.05) is 38.0 Å². The number of nitrogens with one attached hydrogen (secondary N) is 3. The molecule has 5 amide bonds. The highest BCUT2D eigenvalue weighted by atomic mass is 35.5. The maximum absolute atomic E-state index is 16.2. The number of urea groups is 1. The number of carbonyl (C=O) groups is 8. The monoisotopic (exact) mass is 1230 g/mol. The summed E-state index contributed by atoms with van der Waals surface area (Å²) in [4.78, 5) is 108. The highest BCUT2D eigenvalue weighted by Crippen LogP contribution is 2.50. The number of ether oxygens (including phenoxy) is 6. The molecule has 4 bridgehead atoms. The second-order valence-corrected chi connectivity index (χ2v) is 25.1. The summed E-state index contributed by atoms with van der Waals surface area (Å²) in [6, 6.07) is 3.53. The van der Waals surface area contributed by atoms with Crippen LogP contribution in [0.4, 0.5) is 25.4 Å². The Balaban J connectivity index is 1.17. The molecule has 3 aliphatic heterocycles. The molecule has 2 saturated heterocycles. The number of allylic oxidation sites excluding steroid dienone is 3. The molecule has 0 radical (unpaired) electrons. The fourth-order valence-corrected chi connectivity index (χ4v) is 11.8. The zero-order chi connectivity index (χ0) is 62.7. The summed E-state index contributed by atoms with van der Waals surface area (Å²) in [6.45, 7) is 12.6. The molecule has 3 fully saturated rings. The van der Waals surface area contributed by atoms with Crippen molar-refractivity contribution < 1.29 is 76.3 Å². The lowest BCUT2D eigenvalue weighted by Gasteiger charge is -2.41. The topological polar surface area (TPSA) is 281 Å². The number of benzene rings is 2. The number of halogens is 3. The number of unbranched alkanes of at least 4 members (excludes halogenated alkanes) is 1. The largest absolute Gasteiger partial charge is 0.495 e. The Morgan fingerprint density at radius 2 is 1.75 bits per heavy atom. The van der Waals surface area contributed by atoms with E-state index in [1.54, 1.807) is 52.0 Å². The van der Waals surface area contributed by atoms with Crippen LogP contribution in [0.5, 0.6) is 5.75 Å². The molecule has 4 aliphatic rings. The molecule has 0 spiro atoms. The first-order chi connectivity index (χ1) is 40.0. The molecule has 6 N–H and O–H groups in total. The lowest BCUT2D eigenvalue weighted by molar-refractivity contribution is -0.187. The van der Waals surface area contributed by atoms with E-state index in [0.29, 0.717) is 37.1 Å². The normalized spacial score (nSPS) is 25.4. The Morgan fingerprint density at radius 3 is 2.40 bits per heavy atom. The minimum absolute atomic E-state index is 0.0120. The predicted molar refractivity (Wildman–Crippen MR) is 317 cm³/mol. The van der Waals surface area contributed by atoms with Gasteiger partial charge in [-0.3, -0.25) is 34.1 Å². The summed E-state index contributed by atoms with van der Waals surface area (Å²) in [6.07, 6.45) is 3.72. The Morgan fingerprint density at radius 1 is 1.04 bits per heavy atom. The molecule has 468 valence electrons. The molecular formula is C62H84Cl2FN5O15. The Hall–Kier alpha value is -6.13. The Labute approximate surface area is 507 Å². The zero-order valence-electron chi connectivity index (χ0n) is 50.4. The number of nitrogens with zero attached hydrogens (tertiary/aromatic N) is 1. The van der Waals surface area contributed by atoms with Gasteiger partial charge in [-0.1, -0.05) is 74.2 Å². The van der Waals surface area contributed by atoms with Crippen molar-refractivity contribution in [2.24, 2.45) is 29.4 Å². The van der Waals surface area contributed by atoms with E-state index in [-0.39, 0.29) is 90.0 Å². The van der Waals surface area contributed by atoms with Crippen LogP contribution in [0.3, 0.4) is 0 Å². The Bertz CT molecular complexity index is 2880. The number of hydrogen-bond acceptors (Lipinski definition) is 15.